The Morgan fingerprint density at radius 2 is 1.94 bits per heavy atom. The van der Waals surface area contributed by atoms with Gasteiger partial charge in [-0.3, -0.25) is 0 Å². The van der Waals surface area contributed by atoms with Crippen LogP contribution >= 0.6 is 0 Å². The van der Waals surface area contributed by atoms with Crippen LogP contribution in [0.25, 0.3) is 6.08 Å². The van der Waals surface area contributed by atoms with Crippen LogP contribution in [0, 0.1) is 0 Å². The van der Waals surface area contributed by atoms with Crippen molar-refractivity contribution in [2.24, 2.45) is 0 Å². The first kappa shape index (κ1) is 11.9. The van der Waals surface area contributed by atoms with Gasteiger partial charge in [0.15, 0.2) is 0 Å². The fourth-order valence-corrected chi connectivity index (χ4v) is 1.65. The average molecular weight is 226 g/mol. The Morgan fingerprint density at radius 1 is 1.12 bits per heavy atom. The van der Waals surface area contributed by atoms with Gasteiger partial charge in [-0.15, -0.1) is 0 Å². The van der Waals surface area contributed by atoms with Crippen LogP contribution in [0.1, 0.15) is 18.9 Å². The summed E-state index contributed by atoms with van der Waals surface area (Å²) in [5, 5.41) is 0. The molecule has 0 saturated carbocycles. The molecule has 0 saturated heterocycles. The van der Waals surface area contributed by atoms with Gasteiger partial charge >= 0.3 is 0 Å². The summed E-state index contributed by atoms with van der Waals surface area (Å²) in [5.74, 6) is 0. The third kappa shape index (κ3) is 3.72. The zero-order valence-electron chi connectivity index (χ0n) is 10.2. The Balaban J connectivity index is 1.60. The van der Waals surface area contributed by atoms with Gasteiger partial charge in [0.1, 0.15) is 0 Å². The SMILES string of the molecule is CC1=C(COCC/C=C/c2ccccc2)C=C1. The summed E-state index contributed by atoms with van der Waals surface area (Å²) >= 11 is 0. The quantitative estimate of drug-likeness (QED) is 0.666. The smallest absolute Gasteiger partial charge is 0.0719 e. The summed E-state index contributed by atoms with van der Waals surface area (Å²) in [5.41, 5.74) is 3.93. The number of ether oxygens (including phenoxy) is 1. The predicted molar refractivity (Wildman–Crippen MR) is 72.8 cm³/mol. The van der Waals surface area contributed by atoms with Gasteiger partial charge in [0.2, 0.25) is 0 Å². The lowest BCUT2D eigenvalue weighted by molar-refractivity contribution is 0.162. The third-order valence-electron chi connectivity index (χ3n) is 2.84. The van der Waals surface area contributed by atoms with E-state index in [1.807, 2.05) is 18.2 Å². The molecule has 0 atom stereocenters. The molecule has 0 aliphatic heterocycles. The van der Waals surface area contributed by atoms with Crippen molar-refractivity contribution in [3.63, 3.8) is 0 Å². The molecule has 0 amide bonds. The van der Waals surface area contributed by atoms with E-state index >= 15 is 0 Å². The Kier molecular flexibility index (Phi) is 4.34. The summed E-state index contributed by atoms with van der Waals surface area (Å²) < 4.78 is 5.59. The van der Waals surface area contributed by atoms with Crippen molar-refractivity contribution in [1.29, 1.82) is 0 Å². The van der Waals surface area contributed by atoms with E-state index in [1.165, 1.54) is 16.7 Å². The van der Waals surface area contributed by atoms with Crippen molar-refractivity contribution in [3.05, 3.63) is 65.3 Å². The van der Waals surface area contributed by atoms with E-state index in [4.69, 9.17) is 4.74 Å². The molecule has 17 heavy (non-hydrogen) atoms. The minimum absolute atomic E-state index is 0.751. The summed E-state index contributed by atoms with van der Waals surface area (Å²) in [6, 6.07) is 10.3. The third-order valence-corrected chi connectivity index (χ3v) is 2.84. The van der Waals surface area contributed by atoms with Gasteiger partial charge in [0.25, 0.3) is 0 Å². The fraction of sp³-hybridized carbons (Fsp3) is 0.250. The van der Waals surface area contributed by atoms with Crippen molar-refractivity contribution >= 4 is 6.08 Å². The molecule has 1 aromatic carbocycles. The Morgan fingerprint density at radius 3 is 2.59 bits per heavy atom. The van der Waals surface area contributed by atoms with Gasteiger partial charge in [-0.25, -0.2) is 0 Å². The van der Waals surface area contributed by atoms with Crippen molar-refractivity contribution in [3.8, 4) is 0 Å². The van der Waals surface area contributed by atoms with E-state index in [0.29, 0.717) is 0 Å². The fourth-order valence-electron chi connectivity index (χ4n) is 1.65. The molecule has 0 fully saturated rings. The van der Waals surface area contributed by atoms with Gasteiger partial charge < -0.3 is 4.74 Å². The van der Waals surface area contributed by atoms with Crippen LogP contribution in [0.15, 0.2) is 59.7 Å². The van der Waals surface area contributed by atoms with Gasteiger partial charge in [-0.2, -0.15) is 0 Å². The molecule has 0 radical (unpaired) electrons. The van der Waals surface area contributed by atoms with Crippen LogP contribution in [0.3, 0.4) is 0 Å². The van der Waals surface area contributed by atoms with Gasteiger partial charge in [0, 0.05) is 0 Å². The van der Waals surface area contributed by atoms with Crippen LogP contribution in [-0.4, -0.2) is 13.2 Å². The molecule has 1 aliphatic rings. The maximum absolute atomic E-state index is 5.59. The highest BCUT2D eigenvalue weighted by molar-refractivity contribution is 5.48. The monoisotopic (exact) mass is 226 g/mol. The highest BCUT2D eigenvalue weighted by Crippen LogP contribution is 2.17. The van der Waals surface area contributed by atoms with Crippen LogP contribution in [0.2, 0.25) is 0 Å². The van der Waals surface area contributed by atoms with E-state index in [-0.39, 0.29) is 0 Å². The van der Waals surface area contributed by atoms with Crippen LogP contribution in [-0.2, 0) is 4.74 Å². The summed E-state index contributed by atoms with van der Waals surface area (Å²) in [7, 11) is 0. The summed E-state index contributed by atoms with van der Waals surface area (Å²) in [4.78, 5) is 0. The first-order chi connectivity index (χ1) is 8.36. The highest BCUT2D eigenvalue weighted by Gasteiger charge is 2.03. The van der Waals surface area contributed by atoms with Gasteiger partial charge in [-0.1, -0.05) is 54.6 Å². The van der Waals surface area contributed by atoms with Crippen LogP contribution in [0.4, 0.5) is 0 Å². The molecule has 0 spiro atoms. The lowest BCUT2D eigenvalue weighted by atomic mass is 10.0. The molecule has 0 N–H and O–H groups in total. The second-order valence-electron chi connectivity index (χ2n) is 4.20. The molecule has 1 heteroatoms. The van der Waals surface area contributed by atoms with Crippen LogP contribution < -0.4 is 0 Å². The number of hydrogen-bond donors (Lipinski definition) is 0. The minimum atomic E-state index is 0.751. The van der Waals surface area contributed by atoms with E-state index in [0.717, 1.165) is 19.6 Å². The summed E-state index contributed by atoms with van der Waals surface area (Å²) in [6.45, 7) is 3.66. The molecule has 1 nitrogen and oxygen atoms in total. The molecule has 0 bridgehead atoms. The van der Waals surface area contributed by atoms with Crippen LogP contribution in [0.5, 0.6) is 0 Å². The Labute approximate surface area is 103 Å². The second-order valence-corrected chi connectivity index (χ2v) is 4.20. The molecule has 0 unspecified atom stereocenters. The largest absolute Gasteiger partial charge is 0.376 e. The Hall–Kier alpha value is -1.60. The van der Waals surface area contributed by atoms with Crippen molar-refractivity contribution < 1.29 is 4.74 Å². The van der Waals surface area contributed by atoms with Crippen molar-refractivity contribution in [1.82, 2.24) is 0 Å². The van der Waals surface area contributed by atoms with Gasteiger partial charge in [0.05, 0.1) is 13.2 Å². The van der Waals surface area contributed by atoms with Gasteiger partial charge in [-0.05, 0) is 30.1 Å². The van der Waals surface area contributed by atoms with E-state index in [9.17, 15) is 0 Å². The number of rotatable bonds is 6. The van der Waals surface area contributed by atoms with E-state index in [1.54, 1.807) is 0 Å². The molecule has 0 aromatic heterocycles. The lowest BCUT2D eigenvalue weighted by Crippen LogP contribution is -2.03. The molecule has 88 valence electrons. The molecule has 1 aromatic rings. The first-order valence-electron chi connectivity index (χ1n) is 6.03. The molecule has 2 rings (SSSR count). The van der Waals surface area contributed by atoms with E-state index in [2.05, 4.69) is 43.4 Å². The maximum Gasteiger partial charge on any atom is 0.0719 e. The topological polar surface area (TPSA) is 9.23 Å². The number of hydrogen-bond acceptors (Lipinski definition) is 1. The molecule has 0 heterocycles. The average Bonchev–Trinajstić information content (AvgIpc) is 2.37. The molecular formula is C16H18O. The lowest BCUT2D eigenvalue weighted by Gasteiger charge is -2.12. The number of benzene rings is 1. The normalized spacial score (nSPS) is 14.4. The zero-order valence-corrected chi connectivity index (χ0v) is 10.2. The summed E-state index contributed by atoms with van der Waals surface area (Å²) in [6.07, 6.45) is 9.50. The molecular weight excluding hydrogens is 208 g/mol. The Bertz CT molecular complexity index is 438. The highest BCUT2D eigenvalue weighted by atomic mass is 16.5. The second kappa shape index (κ2) is 6.21. The van der Waals surface area contributed by atoms with Crippen molar-refractivity contribution in [2.45, 2.75) is 13.3 Å². The predicted octanol–water partition coefficient (Wildman–Crippen LogP) is 3.99. The molecule has 1 aliphatic carbocycles. The standard InChI is InChI=1S/C16H18O/c1-14-10-11-16(14)13-17-12-6-5-9-15-7-3-2-4-8-15/h2-5,7-11H,6,12-13H2,1H3/b9-5+. The zero-order chi connectivity index (χ0) is 11.9. The van der Waals surface area contributed by atoms with E-state index < -0.39 is 0 Å². The number of allylic oxidation sites excluding steroid dienone is 2. The maximum atomic E-state index is 5.59. The minimum Gasteiger partial charge on any atom is -0.376 e. The first-order valence-corrected chi connectivity index (χ1v) is 6.03. The van der Waals surface area contributed by atoms with Crippen molar-refractivity contribution in [2.75, 3.05) is 13.2 Å².